The summed E-state index contributed by atoms with van der Waals surface area (Å²) in [5.41, 5.74) is 2.17. The lowest BCUT2D eigenvalue weighted by Gasteiger charge is -2.05. The van der Waals surface area contributed by atoms with Crippen LogP contribution < -0.4 is 0 Å². The van der Waals surface area contributed by atoms with Crippen LogP contribution in [0.4, 0.5) is 0 Å². The molecule has 0 radical (unpaired) electrons. The molecule has 0 atom stereocenters. The van der Waals surface area contributed by atoms with Crippen molar-refractivity contribution >= 4 is 24.1 Å². The van der Waals surface area contributed by atoms with E-state index < -0.39 is 7.12 Å². The molecular formula is C13H17BN2O4. The van der Waals surface area contributed by atoms with E-state index in [-0.39, 0.29) is 5.97 Å². The first-order valence-electron chi connectivity index (χ1n) is 6.51. The minimum Gasteiger partial charge on any atom is -0.465 e. The number of esters is 1. The monoisotopic (exact) mass is 276 g/mol. The smallest absolute Gasteiger partial charge is 0.451 e. The van der Waals surface area contributed by atoms with E-state index in [0.29, 0.717) is 11.9 Å². The molecule has 0 amide bonds. The molecule has 2 rings (SSSR count). The molecule has 7 heteroatoms. The average molecular weight is 276 g/mol. The zero-order valence-corrected chi connectivity index (χ0v) is 11.3. The van der Waals surface area contributed by atoms with Crippen molar-refractivity contribution in [3.05, 3.63) is 30.1 Å². The first-order valence-corrected chi connectivity index (χ1v) is 6.51. The van der Waals surface area contributed by atoms with E-state index in [1.165, 1.54) is 7.11 Å². The van der Waals surface area contributed by atoms with Crippen molar-refractivity contribution in [3.63, 3.8) is 0 Å². The Hall–Kier alpha value is -1.86. The van der Waals surface area contributed by atoms with Gasteiger partial charge in [-0.2, -0.15) is 0 Å². The first-order chi connectivity index (χ1) is 9.61. The summed E-state index contributed by atoms with van der Waals surface area (Å²) in [4.78, 5) is 15.7. The van der Waals surface area contributed by atoms with Gasteiger partial charge in [0, 0.05) is 6.54 Å². The number of carbonyl (C=O) groups is 1. The van der Waals surface area contributed by atoms with Gasteiger partial charge in [-0.05, 0) is 30.9 Å². The summed E-state index contributed by atoms with van der Waals surface area (Å²) in [6, 6.07) is 5.26. The number of hydrogen-bond acceptors (Lipinski definition) is 5. The van der Waals surface area contributed by atoms with Crippen LogP contribution in [-0.2, 0) is 11.3 Å². The SMILES string of the molecule is COC(=O)c1ccc2c(c1)ncn2CCCCB(O)O. The Labute approximate surface area is 117 Å². The Balaban J connectivity index is 2.06. The van der Waals surface area contributed by atoms with Crippen LogP contribution in [0.2, 0.25) is 6.32 Å². The molecule has 1 heterocycles. The minimum absolute atomic E-state index is 0.374. The zero-order chi connectivity index (χ0) is 14.5. The first kappa shape index (κ1) is 14.6. The van der Waals surface area contributed by atoms with Crippen molar-refractivity contribution in [1.29, 1.82) is 0 Å². The van der Waals surface area contributed by atoms with Gasteiger partial charge in [-0.25, -0.2) is 9.78 Å². The lowest BCUT2D eigenvalue weighted by Crippen LogP contribution is -2.10. The Bertz CT molecular complexity index is 597. The molecule has 0 saturated heterocycles. The highest BCUT2D eigenvalue weighted by molar-refractivity contribution is 6.40. The van der Waals surface area contributed by atoms with Crippen LogP contribution in [-0.4, -0.2) is 39.8 Å². The van der Waals surface area contributed by atoms with Crippen LogP contribution in [0.3, 0.4) is 0 Å². The Morgan fingerprint density at radius 2 is 2.20 bits per heavy atom. The van der Waals surface area contributed by atoms with Crippen molar-refractivity contribution in [1.82, 2.24) is 9.55 Å². The van der Waals surface area contributed by atoms with Gasteiger partial charge in [0.15, 0.2) is 0 Å². The Morgan fingerprint density at radius 1 is 1.40 bits per heavy atom. The largest absolute Gasteiger partial charge is 0.465 e. The van der Waals surface area contributed by atoms with Crippen LogP contribution in [0.15, 0.2) is 24.5 Å². The summed E-state index contributed by atoms with van der Waals surface area (Å²) in [6.07, 6.45) is 3.67. The molecule has 6 nitrogen and oxygen atoms in total. The molecule has 0 bridgehead atoms. The molecule has 1 aromatic heterocycles. The van der Waals surface area contributed by atoms with Gasteiger partial charge in [0.2, 0.25) is 0 Å². The molecule has 0 aliphatic carbocycles. The summed E-state index contributed by atoms with van der Waals surface area (Å²) in [5, 5.41) is 17.6. The second-order valence-electron chi connectivity index (χ2n) is 4.61. The lowest BCUT2D eigenvalue weighted by atomic mass is 9.84. The molecule has 0 aliphatic heterocycles. The number of unbranched alkanes of at least 4 members (excludes halogenated alkanes) is 1. The predicted molar refractivity (Wildman–Crippen MR) is 75.3 cm³/mol. The van der Waals surface area contributed by atoms with E-state index >= 15 is 0 Å². The fourth-order valence-corrected chi connectivity index (χ4v) is 2.10. The molecule has 0 spiro atoms. The maximum Gasteiger partial charge on any atom is 0.451 e. The number of hydrogen-bond donors (Lipinski definition) is 2. The van der Waals surface area contributed by atoms with E-state index in [1.54, 1.807) is 18.5 Å². The summed E-state index contributed by atoms with van der Waals surface area (Å²) in [7, 11) is 0.109. The van der Waals surface area contributed by atoms with Gasteiger partial charge in [0.25, 0.3) is 0 Å². The summed E-state index contributed by atoms with van der Waals surface area (Å²) >= 11 is 0. The lowest BCUT2D eigenvalue weighted by molar-refractivity contribution is 0.0601. The van der Waals surface area contributed by atoms with E-state index in [0.717, 1.165) is 30.4 Å². The number of carbonyl (C=O) groups excluding carboxylic acids is 1. The standard InChI is InChI=1S/C13H17BN2O4/c1-20-13(17)10-4-5-12-11(8-10)15-9-16(12)7-3-2-6-14(18)19/h4-5,8-9,18-19H,2-3,6-7H2,1H3. The molecule has 0 fully saturated rings. The molecular weight excluding hydrogens is 259 g/mol. The number of nitrogens with zero attached hydrogens (tertiary/aromatic N) is 2. The highest BCUT2D eigenvalue weighted by Crippen LogP contribution is 2.16. The number of benzene rings is 1. The van der Waals surface area contributed by atoms with Crippen molar-refractivity contribution in [2.45, 2.75) is 25.7 Å². The van der Waals surface area contributed by atoms with E-state index in [2.05, 4.69) is 9.72 Å². The molecule has 0 aliphatic rings. The van der Waals surface area contributed by atoms with E-state index in [4.69, 9.17) is 10.0 Å². The van der Waals surface area contributed by atoms with Gasteiger partial charge in [0.1, 0.15) is 0 Å². The van der Waals surface area contributed by atoms with Crippen molar-refractivity contribution in [3.8, 4) is 0 Å². The predicted octanol–water partition coefficient (Wildman–Crippen LogP) is 1.08. The number of imidazole rings is 1. The van der Waals surface area contributed by atoms with Gasteiger partial charge in [-0.3, -0.25) is 0 Å². The Kier molecular flexibility index (Phi) is 4.76. The van der Waals surface area contributed by atoms with E-state index in [9.17, 15) is 4.79 Å². The second-order valence-corrected chi connectivity index (χ2v) is 4.61. The molecule has 0 saturated carbocycles. The van der Waals surface area contributed by atoms with Crippen LogP contribution >= 0.6 is 0 Å². The summed E-state index contributed by atoms with van der Waals surface area (Å²) in [6.45, 7) is 0.751. The third-order valence-electron chi connectivity index (χ3n) is 3.15. The number of fused-ring (bicyclic) bond motifs is 1. The van der Waals surface area contributed by atoms with Gasteiger partial charge in [-0.15, -0.1) is 0 Å². The Morgan fingerprint density at radius 3 is 2.90 bits per heavy atom. The van der Waals surface area contributed by atoms with Gasteiger partial charge in [0.05, 0.1) is 30.0 Å². The highest BCUT2D eigenvalue weighted by atomic mass is 16.5. The number of methoxy groups -OCH3 is 1. The molecule has 0 unspecified atom stereocenters. The third-order valence-corrected chi connectivity index (χ3v) is 3.15. The zero-order valence-electron chi connectivity index (χ0n) is 11.3. The summed E-state index contributed by atoms with van der Waals surface area (Å²) < 4.78 is 6.66. The summed E-state index contributed by atoms with van der Waals surface area (Å²) in [5.74, 6) is -0.376. The number of aryl methyl sites for hydroxylation is 1. The van der Waals surface area contributed by atoms with Gasteiger partial charge < -0.3 is 19.4 Å². The fourth-order valence-electron chi connectivity index (χ4n) is 2.10. The van der Waals surface area contributed by atoms with Crippen molar-refractivity contribution < 1.29 is 19.6 Å². The maximum absolute atomic E-state index is 11.4. The van der Waals surface area contributed by atoms with Crippen LogP contribution in [0.25, 0.3) is 11.0 Å². The number of ether oxygens (including phenoxy) is 1. The average Bonchev–Trinajstić information content (AvgIpc) is 2.84. The maximum atomic E-state index is 11.4. The van der Waals surface area contributed by atoms with Crippen LogP contribution in [0, 0.1) is 0 Å². The fraction of sp³-hybridized carbons (Fsp3) is 0.385. The molecule has 1 aromatic carbocycles. The molecule has 2 N–H and O–H groups in total. The number of aromatic nitrogens is 2. The highest BCUT2D eigenvalue weighted by Gasteiger charge is 2.10. The molecule has 2 aromatic rings. The topological polar surface area (TPSA) is 84.6 Å². The minimum atomic E-state index is -1.24. The second kappa shape index (κ2) is 6.54. The van der Waals surface area contributed by atoms with Crippen LogP contribution in [0.1, 0.15) is 23.2 Å². The van der Waals surface area contributed by atoms with Gasteiger partial charge >= 0.3 is 13.1 Å². The quantitative estimate of drug-likeness (QED) is 0.468. The number of rotatable bonds is 6. The van der Waals surface area contributed by atoms with Crippen molar-refractivity contribution in [2.75, 3.05) is 7.11 Å². The van der Waals surface area contributed by atoms with Crippen molar-refractivity contribution in [2.24, 2.45) is 0 Å². The van der Waals surface area contributed by atoms with E-state index in [1.807, 2.05) is 10.6 Å². The molecule has 20 heavy (non-hydrogen) atoms. The molecule has 106 valence electrons. The van der Waals surface area contributed by atoms with Gasteiger partial charge in [-0.1, -0.05) is 6.42 Å². The third kappa shape index (κ3) is 3.37. The van der Waals surface area contributed by atoms with Crippen LogP contribution in [0.5, 0.6) is 0 Å². The normalized spacial score (nSPS) is 10.8.